The Kier molecular flexibility index (Phi) is 5.59. The van der Waals surface area contributed by atoms with Crippen LogP contribution in [-0.2, 0) is 9.53 Å². The Hall–Kier alpha value is -1.08. The summed E-state index contributed by atoms with van der Waals surface area (Å²) in [5, 5.41) is 9.43. The molecule has 0 aliphatic carbocycles. The first kappa shape index (κ1) is 17.0. The van der Waals surface area contributed by atoms with E-state index >= 15 is 0 Å². The molecule has 0 spiro atoms. The van der Waals surface area contributed by atoms with Crippen molar-refractivity contribution in [3.63, 3.8) is 0 Å². The molecular formula is C13H18BrNO4S. The number of thiophene rings is 1. The number of amides is 1. The Morgan fingerprint density at radius 2 is 2.05 bits per heavy atom. The molecule has 112 valence electrons. The maximum absolute atomic E-state index is 12.1. The van der Waals surface area contributed by atoms with Gasteiger partial charge in [0, 0.05) is 11.4 Å². The van der Waals surface area contributed by atoms with Crippen LogP contribution in [0.4, 0.5) is 4.79 Å². The van der Waals surface area contributed by atoms with Crippen molar-refractivity contribution in [2.24, 2.45) is 0 Å². The van der Waals surface area contributed by atoms with Crippen molar-refractivity contribution in [3.05, 3.63) is 20.8 Å². The first-order valence-corrected chi connectivity index (χ1v) is 7.74. The lowest BCUT2D eigenvalue weighted by atomic mass is 10.2. The van der Waals surface area contributed by atoms with Gasteiger partial charge in [0.15, 0.2) is 6.04 Å². The second kappa shape index (κ2) is 6.58. The molecule has 5 nitrogen and oxygen atoms in total. The number of likely N-dealkylation sites (N-methyl/N-ethyl adjacent to an activating group) is 1. The molecule has 0 saturated heterocycles. The van der Waals surface area contributed by atoms with E-state index < -0.39 is 23.7 Å². The lowest BCUT2D eigenvalue weighted by Gasteiger charge is -2.30. The third kappa shape index (κ3) is 4.49. The predicted octanol–water partition coefficient (Wildman–Crippen LogP) is 3.89. The van der Waals surface area contributed by atoms with E-state index in [0.29, 0.717) is 4.88 Å². The number of carboxylic acid groups (broad SMARTS) is 1. The van der Waals surface area contributed by atoms with Gasteiger partial charge in [0.1, 0.15) is 5.60 Å². The van der Waals surface area contributed by atoms with Crippen LogP contribution in [0, 0.1) is 0 Å². The number of halogens is 1. The van der Waals surface area contributed by atoms with E-state index in [4.69, 9.17) is 4.74 Å². The van der Waals surface area contributed by atoms with Crippen molar-refractivity contribution >= 4 is 39.3 Å². The zero-order valence-corrected chi connectivity index (χ0v) is 14.2. The molecule has 0 aromatic carbocycles. The van der Waals surface area contributed by atoms with Crippen molar-refractivity contribution in [2.45, 2.75) is 39.3 Å². The van der Waals surface area contributed by atoms with E-state index in [2.05, 4.69) is 15.9 Å². The van der Waals surface area contributed by atoms with Crippen molar-refractivity contribution < 1.29 is 19.4 Å². The number of hydrogen-bond acceptors (Lipinski definition) is 4. The van der Waals surface area contributed by atoms with Gasteiger partial charge in [0.05, 0.1) is 3.79 Å². The third-order valence-corrected chi connectivity index (χ3v) is 4.05. The Morgan fingerprint density at radius 1 is 1.45 bits per heavy atom. The Balaban J connectivity index is 3.05. The van der Waals surface area contributed by atoms with E-state index in [1.807, 2.05) is 0 Å². The highest BCUT2D eigenvalue weighted by Crippen LogP contribution is 2.31. The molecule has 1 heterocycles. The van der Waals surface area contributed by atoms with Crippen LogP contribution in [0.5, 0.6) is 0 Å². The zero-order valence-electron chi connectivity index (χ0n) is 11.8. The molecule has 7 heteroatoms. The van der Waals surface area contributed by atoms with Gasteiger partial charge in [-0.15, -0.1) is 11.3 Å². The van der Waals surface area contributed by atoms with Crippen molar-refractivity contribution in [1.29, 1.82) is 0 Å². The van der Waals surface area contributed by atoms with Gasteiger partial charge in [-0.25, -0.2) is 9.59 Å². The predicted molar refractivity (Wildman–Crippen MR) is 81.0 cm³/mol. The molecular weight excluding hydrogens is 346 g/mol. The second-order valence-electron chi connectivity index (χ2n) is 5.15. The summed E-state index contributed by atoms with van der Waals surface area (Å²) in [6.45, 7) is 7.21. The lowest BCUT2D eigenvalue weighted by Crippen LogP contribution is -2.41. The van der Waals surface area contributed by atoms with Gasteiger partial charge in [-0.3, -0.25) is 4.90 Å². The molecule has 1 aromatic rings. The number of carbonyl (C=O) groups excluding carboxylic acids is 1. The summed E-state index contributed by atoms with van der Waals surface area (Å²) < 4.78 is 6.09. The SMILES string of the molecule is CCN(C(=O)OC(C)(C)C)C(C(=O)O)c1ccc(Br)s1. The van der Waals surface area contributed by atoms with Crippen LogP contribution in [0.15, 0.2) is 15.9 Å². The topological polar surface area (TPSA) is 66.8 Å². The van der Waals surface area contributed by atoms with Crippen LogP contribution in [0.25, 0.3) is 0 Å². The van der Waals surface area contributed by atoms with Gasteiger partial charge in [-0.1, -0.05) is 0 Å². The van der Waals surface area contributed by atoms with Crippen LogP contribution in [0.3, 0.4) is 0 Å². The van der Waals surface area contributed by atoms with Crippen LogP contribution < -0.4 is 0 Å². The molecule has 1 unspecified atom stereocenters. The second-order valence-corrected chi connectivity index (χ2v) is 7.64. The van der Waals surface area contributed by atoms with Gasteiger partial charge in [-0.2, -0.15) is 0 Å². The molecule has 0 aliphatic rings. The fourth-order valence-electron chi connectivity index (χ4n) is 1.62. The quantitative estimate of drug-likeness (QED) is 0.880. The minimum absolute atomic E-state index is 0.251. The summed E-state index contributed by atoms with van der Waals surface area (Å²) in [4.78, 5) is 25.5. The number of carboxylic acids is 1. The van der Waals surface area contributed by atoms with Gasteiger partial charge >= 0.3 is 12.1 Å². The molecule has 0 saturated carbocycles. The van der Waals surface area contributed by atoms with Crippen LogP contribution in [-0.4, -0.2) is 34.2 Å². The van der Waals surface area contributed by atoms with Crippen molar-refractivity contribution in [2.75, 3.05) is 6.54 Å². The summed E-state index contributed by atoms with van der Waals surface area (Å²) in [7, 11) is 0. The minimum atomic E-state index is -1.08. The number of carbonyl (C=O) groups is 2. The minimum Gasteiger partial charge on any atom is -0.479 e. The van der Waals surface area contributed by atoms with E-state index in [1.54, 1.807) is 39.8 Å². The summed E-state index contributed by atoms with van der Waals surface area (Å²) in [5.74, 6) is -1.08. The number of nitrogens with zero attached hydrogens (tertiary/aromatic N) is 1. The van der Waals surface area contributed by atoms with E-state index in [-0.39, 0.29) is 6.54 Å². The molecule has 1 aromatic heterocycles. The smallest absolute Gasteiger partial charge is 0.411 e. The van der Waals surface area contributed by atoms with Gasteiger partial charge in [0.25, 0.3) is 0 Å². The standard InChI is InChI=1S/C13H18BrNO4S/c1-5-15(12(18)19-13(2,3)4)10(11(16)17)8-6-7-9(14)20-8/h6-7,10H,5H2,1-4H3,(H,16,17). The normalized spacial score (nSPS) is 12.8. The van der Waals surface area contributed by atoms with Gasteiger partial charge < -0.3 is 9.84 Å². The Morgan fingerprint density at radius 3 is 2.40 bits per heavy atom. The van der Waals surface area contributed by atoms with Crippen LogP contribution in [0.2, 0.25) is 0 Å². The molecule has 0 fully saturated rings. The zero-order chi connectivity index (χ0) is 15.5. The Bertz CT molecular complexity index is 495. The fraction of sp³-hybridized carbons (Fsp3) is 0.538. The molecule has 1 atom stereocenters. The number of aliphatic carboxylic acids is 1. The molecule has 1 N–H and O–H groups in total. The highest BCUT2D eigenvalue weighted by Gasteiger charge is 2.34. The van der Waals surface area contributed by atoms with Gasteiger partial charge in [0.2, 0.25) is 0 Å². The first-order valence-electron chi connectivity index (χ1n) is 6.13. The van der Waals surface area contributed by atoms with Crippen molar-refractivity contribution in [3.8, 4) is 0 Å². The fourth-order valence-corrected chi connectivity index (χ4v) is 3.15. The summed E-state index contributed by atoms with van der Waals surface area (Å²) in [5.41, 5.74) is -0.663. The summed E-state index contributed by atoms with van der Waals surface area (Å²) >= 11 is 4.59. The number of rotatable bonds is 4. The van der Waals surface area contributed by atoms with E-state index in [9.17, 15) is 14.7 Å². The maximum Gasteiger partial charge on any atom is 0.411 e. The average Bonchev–Trinajstić information content (AvgIpc) is 2.68. The van der Waals surface area contributed by atoms with Gasteiger partial charge in [-0.05, 0) is 55.8 Å². The lowest BCUT2D eigenvalue weighted by molar-refractivity contribution is -0.143. The van der Waals surface area contributed by atoms with E-state index in [1.165, 1.54) is 16.2 Å². The molecule has 0 aliphatic heterocycles. The van der Waals surface area contributed by atoms with Crippen LogP contribution >= 0.6 is 27.3 Å². The Labute approximate surface area is 130 Å². The summed E-state index contributed by atoms with van der Waals surface area (Å²) in [6.07, 6.45) is -0.628. The van der Waals surface area contributed by atoms with Crippen LogP contribution in [0.1, 0.15) is 38.6 Å². The average molecular weight is 364 g/mol. The highest BCUT2D eigenvalue weighted by atomic mass is 79.9. The molecule has 20 heavy (non-hydrogen) atoms. The first-order chi connectivity index (χ1) is 9.15. The number of ether oxygens (including phenoxy) is 1. The molecule has 0 bridgehead atoms. The highest BCUT2D eigenvalue weighted by molar-refractivity contribution is 9.11. The number of hydrogen-bond donors (Lipinski definition) is 1. The molecule has 1 amide bonds. The summed E-state index contributed by atoms with van der Waals surface area (Å²) in [6, 6.07) is 2.42. The largest absolute Gasteiger partial charge is 0.479 e. The monoisotopic (exact) mass is 363 g/mol. The maximum atomic E-state index is 12.1. The molecule has 1 rings (SSSR count). The van der Waals surface area contributed by atoms with Crippen molar-refractivity contribution in [1.82, 2.24) is 4.90 Å². The van der Waals surface area contributed by atoms with E-state index in [0.717, 1.165) is 3.79 Å². The third-order valence-electron chi connectivity index (χ3n) is 2.38. The molecule has 0 radical (unpaired) electrons.